The fraction of sp³-hybridized carbons (Fsp3) is 0.444. The Hall–Kier alpha value is -3.55. The third-order valence-corrected chi connectivity index (χ3v) is 4.89. The lowest BCUT2D eigenvalue weighted by Crippen LogP contribution is -2.46. The van der Waals surface area contributed by atoms with E-state index >= 15 is 0 Å². The molecule has 0 spiro atoms. The molecule has 0 bridgehead atoms. The summed E-state index contributed by atoms with van der Waals surface area (Å²) in [6.07, 6.45) is 2.15. The zero-order chi connectivity index (χ0) is 25.7. The second kappa shape index (κ2) is 14.0. The molecule has 0 aliphatic heterocycles. The molecule has 2 aromatic rings. The summed E-state index contributed by atoms with van der Waals surface area (Å²) < 4.78 is 10.6. The molecule has 0 unspecified atom stereocenters. The quantitative estimate of drug-likeness (QED) is 0.281. The zero-order valence-corrected chi connectivity index (χ0v) is 21.1. The van der Waals surface area contributed by atoms with Crippen molar-refractivity contribution >= 4 is 29.3 Å². The first-order valence-electron chi connectivity index (χ1n) is 12.0. The number of para-hydroxylation sites is 2. The largest absolute Gasteiger partial charge is 0.459 e. The van der Waals surface area contributed by atoms with E-state index in [4.69, 9.17) is 9.47 Å². The molecule has 35 heavy (non-hydrogen) atoms. The summed E-state index contributed by atoms with van der Waals surface area (Å²) in [4.78, 5) is 38.0. The Labute approximate surface area is 207 Å². The van der Waals surface area contributed by atoms with Gasteiger partial charge in [-0.3, -0.25) is 4.79 Å². The van der Waals surface area contributed by atoms with Gasteiger partial charge in [0.25, 0.3) is 0 Å². The minimum Gasteiger partial charge on any atom is -0.459 e. The van der Waals surface area contributed by atoms with Crippen molar-refractivity contribution in [1.29, 1.82) is 0 Å². The van der Waals surface area contributed by atoms with Crippen molar-refractivity contribution in [3.63, 3.8) is 0 Å². The minimum atomic E-state index is -1.21. The number of amides is 2. The molecule has 0 aliphatic rings. The van der Waals surface area contributed by atoms with Crippen molar-refractivity contribution in [2.45, 2.75) is 71.6 Å². The van der Waals surface area contributed by atoms with E-state index in [0.29, 0.717) is 5.69 Å². The number of anilines is 2. The average Bonchev–Trinajstić information content (AvgIpc) is 2.80. The minimum absolute atomic E-state index is 0.0261. The maximum Gasteiger partial charge on any atom is 0.408 e. The van der Waals surface area contributed by atoms with Crippen LogP contribution >= 0.6 is 0 Å². The highest BCUT2D eigenvalue weighted by Crippen LogP contribution is 2.21. The van der Waals surface area contributed by atoms with Gasteiger partial charge in [-0.05, 0) is 44.9 Å². The van der Waals surface area contributed by atoms with Gasteiger partial charge >= 0.3 is 12.1 Å². The number of hydrogen-bond donors (Lipinski definition) is 3. The summed E-state index contributed by atoms with van der Waals surface area (Å²) in [5.74, 6) is -1.16. The molecule has 0 fully saturated rings. The molecule has 0 saturated heterocycles. The van der Waals surface area contributed by atoms with E-state index in [2.05, 4.69) is 22.9 Å². The number of carbonyl (C=O) groups is 3. The Morgan fingerprint density at radius 3 is 2.23 bits per heavy atom. The number of nitrogens with one attached hydrogen (secondary N) is 3. The number of esters is 1. The van der Waals surface area contributed by atoms with E-state index in [1.54, 1.807) is 26.8 Å². The maximum absolute atomic E-state index is 12.9. The predicted octanol–water partition coefficient (Wildman–Crippen LogP) is 5.25. The predicted molar refractivity (Wildman–Crippen MR) is 137 cm³/mol. The molecule has 0 heterocycles. The van der Waals surface area contributed by atoms with Crippen molar-refractivity contribution in [3.8, 4) is 0 Å². The molecule has 190 valence electrons. The molecule has 0 aromatic heterocycles. The second-order valence-corrected chi connectivity index (χ2v) is 9.22. The molecule has 2 aromatic carbocycles. The molecule has 2 amide bonds. The highest BCUT2D eigenvalue weighted by atomic mass is 16.6. The Morgan fingerprint density at radius 1 is 0.914 bits per heavy atom. The smallest absolute Gasteiger partial charge is 0.408 e. The topological polar surface area (TPSA) is 106 Å². The first kappa shape index (κ1) is 27.7. The van der Waals surface area contributed by atoms with Gasteiger partial charge in [0.1, 0.15) is 18.2 Å². The highest BCUT2D eigenvalue weighted by molar-refractivity contribution is 5.97. The summed E-state index contributed by atoms with van der Waals surface area (Å²) in [6.45, 7) is 8.10. The lowest BCUT2D eigenvalue weighted by molar-refractivity contribution is -0.148. The lowest BCUT2D eigenvalue weighted by Gasteiger charge is -2.23. The van der Waals surface area contributed by atoms with E-state index in [0.717, 1.165) is 37.1 Å². The number of alkyl carbamates (subject to hydrolysis) is 1. The van der Waals surface area contributed by atoms with Gasteiger partial charge in [-0.25, -0.2) is 9.59 Å². The van der Waals surface area contributed by atoms with Crippen LogP contribution in [0.4, 0.5) is 16.2 Å². The van der Waals surface area contributed by atoms with Crippen molar-refractivity contribution < 1.29 is 23.9 Å². The van der Waals surface area contributed by atoms with Gasteiger partial charge in [-0.15, -0.1) is 0 Å². The van der Waals surface area contributed by atoms with E-state index in [9.17, 15) is 14.4 Å². The fourth-order valence-corrected chi connectivity index (χ4v) is 3.20. The third-order valence-electron chi connectivity index (χ3n) is 4.89. The zero-order valence-electron chi connectivity index (χ0n) is 21.1. The van der Waals surface area contributed by atoms with Crippen molar-refractivity contribution in [1.82, 2.24) is 5.32 Å². The van der Waals surface area contributed by atoms with Gasteiger partial charge in [0.15, 0.2) is 0 Å². The first-order chi connectivity index (χ1) is 16.7. The van der Waals surface area contributed by atoms with Crippen LogP contribution < -0.4 is 16.0 Å². The van der Waals surface area contributed by atoms with Crippen LogP contribution in [0.1, 0.15) is 58.9 Å². The first-order valence-corrected chi connectivity index (χ1v) is 12.0. The van der Waals surface area contributed by atoms with Crippen LogP contribution in [0.3, 0.4) is 0 Å². The van der Waals surface area contributed by atoms with Crippen molar-refractivity contribution in [2.24, 2.45) is 0 Å². The maximum atomic E-state index is 12.9. The Balaban J connectivity index is 2.05. The molecule has 0 radical (unpaired) electrons. The Bertz CT molecular complexity index is 957. The van der Waals surface area contributed by atoms with Crippen LogP contribution in [-0.4, -0.2) is 36.2 Å². The third kappa shape index (κ3) is 10.9. The fourth-order valence-electron chi connectivity index (χ4n) is 3.20. The van der Waals surface area contributed by atoms with Crippen molar-refractivity contribution in [2.75, 3.05) is 17.2 Å². The van der Waals surface area contributed by atoms with Crippen LogP contribution in [0.5, 0.6) is 0 Å². The van der Waals surface area contributed by atoms with Crippen LogP contribution in [0.2, 0.25) is 0 Å². The number of ether oxygens (including phenoxy) is 2. The molecule has 3 N–H and O–H groups in total. The normalized spacial score (nSPS) is 11.8. The molecule has 0 aliphatic carbocycles. The monoisotopic (exact) mass is 483 g/mol. The SMILES string of the molecule is CCCCCNc1ccccc1NC(=O)C[C@H](NC(=O)OC(C)(C)C)C(=O)OCc1ccccc1. The Morgan fingerprint density at radius 2 is 1.57 bits per heavy atom. The lowest BCUT2D eigenvalue weighted by atomic mass is 10.1. The standard InChI is InChI=1S/C27H37N3O5/c1-5-6-12-17-28-21-15-10-11-16-22(21)29-24(31)18-23(30-26(33)35-27(2,3)4)25(32)34-19-20-13-8-7-9-14-20/h7-11,13-16,23,28H,5-6,12,17-19H2,1-4H3,(H,29,31)(H,30,33)/t23-/m0/s1. The van der Waals surface area contributed by atoms with Crippen LogP contribution in [-0.2, 0) is 25.7 Å². The van der Waals surface area contributed by atoms with Gasteiger partial charge in [-0.2, -0.15) is 0 Å². The van der Waals surface area contributed by atoms with Crippen LogP contribution in [0.25, 0.3) is 0 Å². The van der Waals surface area contributed by atoms with Crippen molar-refractivity contribution in [3.05, 3.63) is 60.2 Å². The summed E-state index contributed by atoms with van der Waals surface area (Å²) in [5, 5.41) is 8.64. The number of carbonyl (C=O) groups excluding carboxylic acids is 3. The molecule has 0 saturated carbocycles. The number of rotatable bonds is 12. The van der Waals surface area contributed by atoms with E-state index in [1.165, 1.54) is 0 Å². The number of benzene rings is 2. The van der Waals surface area contributed by atoms with Crippen LogP contribution in [0, 0.1) is 0 Å². The van der Waals surface area contributed by atoms with E-state index < -0.39 is 29.6 Å². The molecule has 8 nitrogen and oxygen atoms in total. The molecular formula is C27H37N3O5. The average molecular weight is 484 g/mol. The summed E-state index contributed by atoms with van der Waals surface area (Å²) in [5.41, 5.74) is 1.43. The van der Waals surface area contributed by atoms with Gasteiger partial charge in [0.2, 0.25) is 5.91 Å². The molecule has 2 rings (SSSR count). The molecular weight excluding hydrogens is 446 g/mol. The summed E-state index contributed by atoms with van der Waals surface area (Å²) in [7, 11) is 0. The summed E-state index contributed by atoms with van der Waals surface area (Å²) >= 11 is 0. The van der Waals surface area contributed by atoms with E-state index in [1.807, 2.05) is 48.5 Å². The van der Waals surface area contributed by atoms with Gasteiger partial charge in [-0.1, -0.05) is 62.2 Å². The van der Waals surface area contributed by atoms with E-state index in [-0.39, 0.29) is 13.0 Å². The van der Waals surface area contributed by atoms with Crippen LogP contribution in [0.15, 0.2) is 54.6 Å². The summed E-state index contributed by atoms with van der Waals surface area (Å²) in [6, 6.07) is 15.3. The van der Waals surface area contributed by atoms with Gasteiger partial charge in [0, 0.05) is 6.54 Å². The molecule has 1 atom stereocenters. The number of hydrogen-bond acceptors (Lipinski definition) is 6. The highest BCUT2D eigenvalue weighted by Gasteiger charge is 2.28. The second-order valence-electron chi connectivity index (χ2n) is 9.22. The van der Waals surface area contributed by atoms with Gasteiger partial charge in [0.05, 0.1) is 17.8 Å². The van der Waals surface area contributed by atoms with Gasteiger partial charge < -0.3 is 25.4 Å². The Kier molecular flexibility index (Phi) is 11.1. The molecule has 8 heteroatoms. The number of unbranched alkanes of at least 4 members (excludes halogenated alkanes) is 2.